The molecule has 0 saturated heterocycles. The second-order valence-corrected chi connectivity index (χ2v) is 5.35. The van der Waals surface area contributed by atoms with Crippen LogP contribution in [0.1, 0.15) is 37.2 Å². The Balaban J connectivity index is 2.18. The summed E-state index contributed by atoms with van der Waals surface area (Å²) in [6.45, 7) is 5.11. The van der Waals surface area contributed by atoms with Gasteiger partial charge in [0.1, 0.15) is 5.69 Å². The minimum atomic E-state index is 0.111. The van der Waals surface area contributed by atoms with Gasteiger partial charge in [0.05, 0.1) is 5.69 Å². The monoisotopic (exact) mass is 235 g/mol. The van der Waals surface area contributed by atoms with Gasteiger partial charge in [-0.15, -0.1) is 0 Å². The molecular formula is C13H21N3O. The van der Waals surface area contributed by atoms with Crippen LogP contribution in [0, 0.1) is 5.92 Å². The number of nitrogen functional groups attached to an aromatic ring is 1. The standard InChI is InChI=1S/C13H21N3O/c1-9(2)7-16(11-4-5-11)13(17)12-6-10(14)8-15(12)3/h6,8-9,11H,4-5,7,14H2,1-3H3. The highest BCUT2D eigenvalue weighted by atomic mass is 16.2. The highest BCUT2D eigenvalue weighted by Gasteiger charge is 2.34. The number of carbonyl (C=O) groups excluding carboxylic acids is 1. The molecule has 0 aromatic carbocycles. The van der Waals surface area contributed by atoms with E-state index >= 15 is 0 Å². The van der Waals surface area contributed by atoms with Crippen LogP contribution < -0.4 is 5.73 Å². The third-order valence-electron chi connectivity index (χ3n) is 3.06. The van der Waals surface area contributed by atoms with Crippen molar-refractivity contribution in [3.05, 3.63) is 18.0 Å². The normalized spacial score (nSPS) is 15.3. The topological polar surface area (TPSA) is 51.3 Å². The van der Waals surface area contributed by atoms with Crippen molar-refractivity contribution in [2.75, 3.05) is 12.3 Å². The van der Waals surface area contributed by atoms with Crippen molar-refractivity contribution in [2.45, 2.75) is 32.7 Å². The van der Waals surface area contributed by atoms with Gasteiger partial charge in [0.2, 0.25) is 0 Å². The van der Waals surface area contributed by atoms with E-state index in [1.54, 1.807) is 12.3 Å². The predicted octanol–water partition coefficient (Wildman–Crippen LogP) is 1.87. The Morgan fingerprint density at radius 3 is 2.65 bits per heavy atom. The molecule has 1 fully saturated rings. The SMILES string of the molecule is CC(C)CN(C(=O)c1cc(N)cn1C)C1CC1. The van der Waals surface area contributed by atoms with Crippen molar-refractivity contribution >= 4 is 11.6 Å². The molecule has 0 unspecified atom stereocenters. The van der Waals surface area contributed by atoms with Crippen LogP contribution in [0.15, 0.2) is 12.3 Å². The Hall–Kier alpha value is -1.45. The number of aromatic nitrogens is 1. The van der Waals surface area contributed by atoms with Crippen LogP contribution in [-0.2, 0) is 7.05 Å². The molecule has 4 nitrogen and oxygen atoms in total. The summed E-state index contributed by atoms with van der Waals surface area (Å²) in [7, 11) is 1.87. The summed E-state index contributed by atoms with van der Waals surface area (Å²) < 4.78 is 1.81. The second-order valence-electron chi connectivity index (χ2n) is 5.35. The van der Waals surface area contributed by atoms with Crippen molar-refractivity contribution in [3.63, 3.8) is 0 Å². The highest BCUT2D eigenvalue weighted by Crippen LogP contribution is 2.29. The van der Waals surface area contributed by atoms with Gasteiger partial charge in [0.25, 0.3) is 5.91 Å². The summed E-state index contributed by atoms with van der Waals surface area (Å²) in [5.74, 6) is 0.609. The Kier molecular flexibility index (Phi) is 3.13. The molecule has 1 aromatic heterocycles. The fraction of sp³-hybridized carbons (Fsp3) is 0.615. The number of carbonyl (C=O) groups is 1. The van der Waals surface area contributed by atoms with Crippen LogP contribution >= 0.6 is 0 Å². The molecule has 0 radical (unpaired) electrons. The van der Waals surface area contributed by atoms with Crippen molar-refractivity contribution < 1.29 is 4.79 Å². The summed E-state index contributed by atoms with van der Waals surface area (Å²) in [6.07, 6.45) is 4.06. The van der Waals surface area contributed by atoms with Gasteiger partial charge in [0.15, 0.2) is 0 Å². The average molecular weight is 235 g/mol. The van der Waals surface area contributed by atoms with E-state index < -0.39 is 0 Å². The van der Waals surface area contributed by atoms with Crippen LogP contribution in [0.3, 0.4) is 0 Å². The summed E-state index contributed by atoms with van der Waals surface area (Å²) >= 11 is 0. The quantitative estimate of drug-likeness (QED) is 0.866. The van der Waals surface area contributed by atoms with Gasteiger partial charge in [0, 0.05) is 25.8 Å². The zero-order valence-corrected chi connectivity index (χ0v) is 10.8. The van der Waals surface area contributed by atoms with Gasteiger partial charge < -0.3 is 15.2 Å². The molecule has 1 aromatic rings. The average Bonchev–Trinajstić information content (AvgIpc) is 3.00. The molecule has 2 rings (SSSR count). The maximum atomic E-state index is 12.4. The predicted molar refractivity (Wildman–Crippen MR) is 68.7 cm³/mol. The zero-order chi connectivity index (χ0) is 12.6. The van der Waals surface area contributed by atoms with Gasteiger partial charge in [-0.05, 0) is 24.8 Å². The largest absolute Gasteiger partial charge is 0.397 e. The summed E-state index contributed by atoms with van der Waals surface area (Å²) in [5, 5.41) is 0. The van der Waals surface area contributed by atoms with Crippen LogP contribution in [-0.4, -0.2) is 28.0 Å². The minimum absolute atomic E-state index is 0.111. The number of rotatable bonds is 4. The molecule has 1 saturated carbocycles. The first-order valence-electron chi connectivity index (χ1n) is 6.22. The van der Waals surface area contributed by atoms with E-state index in [0.717, 1.165) is 19.4 Å². The molecular weight excluding hydrogens is 214 g/mol. The molecule has 1 amide bonds. The maximum Gasteiger partial charge on any atom is 0.270 e. The smallest absolute Gasteiger partial charge is 0.270 e. The first-order valence-corrected chi connectivity index (χ1v) is 6.22. The summed E-state index contributed by atoms with van der Waals surface area (Å²) in [4.78, 5) is 14.4. The Morgan fingerprint density at radius 2 is 2.24 bits per heavy atom. The van der Waals surface area contributed by atoms with E-state index in [0.29, 0.717) is 23.3 Å². The lowest BCUT2D eigenvalue weighted by Gasteiger charge is -2.24. The number of nitrogens with zero attached hydrogens (tertiary/aromatic N) is 2. The first-order chi connectivity index (χ1) is 7.99. The zero-order valence-electron chi connectivity index (χ0n) is 10.8. The Bertz CT molecular complexity index is 418. The van der Waals surface area contributed by atoms with E-state index in [4.69, 9.17) is 5.73 Å². The van der Waals surface area contributed by atoms with Crippen LogP contribution in [0.4, 0.5) is 5.69 Å². The first kappa shape index (κ1) is 12.0. The van der Waals surface area contributed by atoms with Gasteiger partial charge in [-0.1, -0.05) is 13.8 Å². The van der Waals surface area contributed by atoms with E-state index in [9.17, 15) is 4.79 Å². The van der Waals surface area contributed by atoms with Crippen LogP contribution in [0.5, 0.6) is 0 Å². The number of hydrogen-bond donors (Lipinski definition) is 1. The fourth-order valence-electron chi connectivity index (χ4n) is 2.13. The molecule has 94 valence electrons. The van der Waals surface area contributed by atoms with Crippen molar-refractivity contribution in [2.24, 2.45) is 13.0 Å². The van der Waals surface area contributed by atoms with Crippen molar-refractivity contribution in [1.29, 1.82) is 0 Å². The molecule has 0 spiro atoms. The molecule has 1 aliphatic rings. The van der Waals surface area contributed by atoms with Gasteiger partial charge in [-0.3, -0.25) is 4.79 Å². The lowest BCUT2D eigenvalue weighted by molar-refractivity contribution is 0.0713. The van der Waals surface area contributed by atoms with Crippen LogP contribution in [0.25, 0.3) is 0 Å². The van der Waals surface area contributed by atoms with Gasteiger partial charge in [-0.25, -0.2) is 0 Å². The van der Waals surface area contributed by atoms with Gasteiger partial charge >= 0.3 is 0 Å². The number of aryl methyl sites for hydroxylation is 1. The molecule has 2 N–H and O–H groups in total. The molecule has 17 heavy (non-hydrogen) atoms. The number of hydrogen-bond acceptors (Lipinski definition) is 2. The molecule has 0 aliphatic heterocycles. The van der Waals surface area contributed by atoms with Crippen molar-refractivity contribution in [3.8, 4) is 0 Å². The lowest BCUT2D eigenvalue weighted by Crippen LogP contribution is -2.37. The molecule has 0 bridgehead atoms. The summed E-state index contributed by atoms with van der Waals surface area (Å²) in [6, 6.07) is 2.21. The van der Waals surface area contributed by atoms with E-state index in [1.807, 2.05) is 16.5 Å². The van der Waals surface area contributed by atoms with E-state index in [2.05, 4.69) is 13.8 Å². The van der Waals surface area contributed by atoms with E-state index in [1.165, 1.54) is 0 Å². The molecule has 0 atom stereocenters. The van der Waals surface area contributed by atoms with Crippen molar-refractivity contribution in [1.82, 2.24) is 9.47 Å². The van der Waals surface area contributed by atoms with E-state index in [-0.39, 0.29) is 5.91 Å². The number of amides is 1. The third-order valence-corrected chi connectivity index (χ3v) is 3.06. The minimum Gasteiger partial charge on any atom is -0.397 e. The molecule has 1 aliphatic carbocycles. The Morgan fingerprint density at radius 1 is 1.59 bits per heavy atom. The van der Waals surface area contributed by atoms with Crippen LogP contribution in [0.2, 0.25) is 0 Å². The second kappa shape index (κ2) is 4.43. The molecule has 4 heteroatoms. The third kappa shape index (κ3) is 2.62. The lowest BCUT2D eigenvalue weighted by atomic mass is 10.2. The Labute approximate surface area is 102 Å². The number of anilines is 1. The fourth-order valence-corrected chi connectivity index (χ4v) is 2.13. The van der Waals surface area contributed by atoms with Gasteiger partial charge in [-0.2, -0.15) is 0 Å². The highest BCUT2D eigenvalue weighted by molar-refractivity contribution is 5.94. The molecule has 1 heterocycles. The maximum absolute atomic E-state index is 12.4. The number of nitrogens with two attached hydrogens (primary N) is 1. The summed E-state index contributed by atoms with van der Waals surface area (Å²) in [5.41, 5.74) is 7.06.